The molecule has 0 saturated heterocycles. The predicted octanol–water partition coefficient (Wildman–Crippen LogP) is 0.128. The normalized spacial score (nSPS) is 9.83. The molecule has 0 N–H and O–H groups in total. The Hall–Kier alpha value is -0.610. The number of carbonyl (C=O) groups is 1. The fraction of sp³-hybridized carbons (Fsp3) is 0.875. The Morgan fingerprint density at radius 1 is 1.17 bits per heavy atom. The van der Waals surface area contributed by atoms with Gasteiger partial charge in [-0.3, -0.25) is 4.79 Å². The van der Waals surface area contributed by atoms with Crippen molar-refractivity contribution in [1.29, 1.82) is 0 Å². The molecule has 0 unspecified atom stereocenters. The van der Waals surface area contributed by atoms with Crippen LogP contribution in [0.4, 0.5) is 0 Å². The molecule has 0 rings (SSSR count). The Balaban J connectivity index is 3.32. The molecule has 4 heteroatoms. The Morgan fingerprint density at radius 2 is 1.83 bits per heavy atom. The molecule has 0 radical (unpaired) electrons. The zero-order chi connectivity index (χ0) is 9.23. The van der Waals surface area contributed by atoms with Gasteiger partial charge in [0.05, 0.1) is 6.61 Å². The number of ether oxygens (including phenoxy) is 2. The topological polar surface area (TPSA) is 38.8 Å². The van der Waals surface area contributed by atoms with Crippen LogP contribution >= 0.6 is 0 Å². The average Bonchev–Trinajstić information content (AvgIpc) is 2.11. The first-order valence-electron chi connectivity index (χ1n) is 4.02. The third-order valence-electron chi connectivity index (χ3n) is 1.53. The second-order valence-electron chi connectivity index (χ2n) is 2.48. The Labute approximate surface area is 73.4 Å². The van der Waals surface area contributed by atoms with Crippen LogP contribution in [0.1, 0.15) is 6.42 Å². The first-order chi connectivity index (χ1) is 5.85. The highest BCUT2D eigenvalue weighted by atomic mass is 16.5. The summed E-state index contributed by atoms with van der Waals surface area (Å²) in [5, 5.41) is 0. The molecule has 12 heavy (non-hydrogen) atoms. The van der Waals surface area contributed by atoms with Gasteiger partial charge in [-0.25, -0.2) is 0 Å². The fourth-order valence-electron chi connectivity index (χ4n) is 0.838. The fourth-order valence-corrected chi connectivity index (χ4v) is 0.838. The van der Waals surface area contributed by atoms with Crippen molar-refractivity contribution in [3.05, 3.63) is 0 Å². The molecule has 0 atom stereocenters. The first kappa shape index (κ1) is 11.4. The van der Waals surface area contributed by atoms with Gasteiger partial charge in [0.1, 0.15) is 0 Å². The molecule has 0 fully saturated rings. The molecule has 0 spiro atoms. The number of amides is 1. The summed E-state index contributed by atoms with van der Waals surface area (Å²) in [5.41, 5.74) is 0. The van der Waals surface area contributed by atoms with E-state index in [0.717, 1.165) is 19.4 Å². The third-order valence-corrected chi connectivity index (χ3v) is 1.53. The highest BCUT2D eigenvalue weighted by molar-refractivity contribution is 5.46. The number of nitrogens with zero attached hydrogens (tertiary/aromatic N) is 1. The van der Waals surface area contributed by atoms with Crippen LogP contribution in [0.5, 0.6) is 0 Å². The number of rotatable bonds is 8. The lowest BCUT2D eigenvalue weighted by Crippen LogP contribution is -2.27. The van der Waals surface area contributed by atoms with Gasteiger partial charge in [-0.2, -0.15) is 0 Å². The van der Waals surface area contributed by atoms with Gasteiger partial charge in [-0.1, -0.05) is 0 Å². The molecule has 1 amide bonds. The maximum absolute atomic E-state index is 10.4. The molecule has 0 saturated carbocycles. The van der Waals surface area contributed by atoms with Gasteiger partial charge in [-0.15, -0.1) is 0 Å². The largest absolute Gasteiger partial charge is 0.385 e. The zero-order valence-electron chi connectivity index (χ0n) is 7.78. The van der Waals surface area contributed by atoms with Gasteiger partial charge < -0.3 is 14.4 Å². The second-order valence-corrected chi connectivity index (χ2v) is 2.48. The smallest absolute Gasteiger partial charge is 0.209 e. The second kappa shape index (κ2) is 8.49. The van der Waals surface area contributed by atoms with E-state index in [1.807, 2.05) is 0 Å². The Kier molecular flexibility index (Phi) is 8.05. The number of methoxy groups -OCH3 is 2. The molecule has 0 aliphatic carbocycles. The van der Waals surface area contributed by atoms with Crippen molar-refractivity contribution in [2.45, 2.75) is 6.42 Å². The summed E-state index contributed by atoms with van der Waals surface area (Å²) in [5.74, 6) is 0. The van der Waals surface area contributed by atoms with E-state index in [0.29, 0.717) is 19.8 Å². The van der Waals surface area contributed by atoms with E-state index in [4.69, 9.17) is 9.47 Å². The van der Waals surface area contributed by atoms with Gasteiger partial charge >= 0.3 is 0 Å². The van der Waals surface area contributed by atoms with Crippen LogP contribution in [0, 0.1) is 0 Å². The SMILES string of the molecule is COCCCN(C=O)CCOC. The maximum Gasteiger partial charge on any atom is 0.209 e. The van der Waals surface area contributed by atoms with Crippen molar-refractivity contribution in [2.24, 2.45) is 0 Å². The van der Waals surface area contributed by atoms with Crippen LogP contribution in [0.2, 0.25) is 0 Å². The monoisotopic (exact) mass is 175 g/mol. The van der Waals surface area contributed by atoms with Crippen molar-refractivity contribution >= 4 is 6.41 Å². The van der Waals surface area contributed by atoms with E-state index >= 15 is 0 Å². The molecule has 0 aromatic heterocycles. The molecule has 0 bridgehead atoms. The van der Waals surface area contributed by atoms with Crippen LogP contribution in [0.25, 0.3) is 0 Å². The molecular formula is C8H17NO3. The number of hydrogen-bond acceptors (Lipinski definition) is 3. The Morgan fingerprint density at radius 3 is 2.33 bits per heavy atom. The standard InChI is InChI=1S/C8H17NO3/c1-11-6-3-4-9(8-10)5-7-12-2/h8H,3-7H2,1-2H3. The third kappa shape index (κ3) is 6.12. The summed E-state index contributed by atoms with van der Waals surface area (Å²) >= 11 is 0. The zero-order valence-corrected chi connectivity index (χ0v) is 7.78. The summed E-state index contributed by atoms with van der Waals surface area (Å²) in [4.78, 5) is 12.1. The molecule has 0 aliphatic rings. The first-order valence-corrected chi connectivity index (χ1v) is 4.02. The van der Waals surface area contributed by atoms with Crippen LogP contribution < -0.4 is 0 Å². The lowest BCUT2D eigenvalue weighted by molar-refractivity contribution is -0.118. The maximum atomic E-state index is 10.4. The van der Waals surface area contributed by atoms with E-state index < -0.39 is 0 Å². The van der Waals surface area contributed by atoms with E-state index in [-0.39, 0.29) is 0 Å². The molecule has 0 aromatic rings. The van der Waals surface area contributed by atoms with Crippen molar-refractivity contribution in [2.75, 3.05) is 40.5 Å². The van der Waals surface area contributed by atoms with Crippen molar-refractivity contribution in [1.82, 2.24) is 4.90 Å². The highest BCUT2D eigenvalue weighted by Gasteiger charge is 1.99. The lowest BCUT2D eigenvalue weighted by Gasteiger charge is -2.15. The van der Waals surface area contributed by atoms with Crippen LogP contribution in [-0.2, 0) is 14.3 Å². The quantitative estimate of drug-likeness (QED) is 0.389. The average molecular weight is 175 g/mol. The molecule has 4 nitrogen and oxygen atoms in total. The number of hydrogen-bond donors (Lipinski definition) is 0. The summed E-state index contributed by atoms with van der Waals surface area (Å²) in [6.07, 6.45) is 1.72. The van der Waals surface area contributed by atoms with Gasteiger partial charge in [0, 0.05) is 33.9 Å². The van der Waals surface area contributed by atoms with E-state index in [1.54, 1.807) is 19.1 Å². The van der Waals surface area contributed by atoms with E-state index in [2.05, 4.69) is 0 Å². The van der Waals surface area contributed by atoms with Gasteiger partial charge in [-0.05, 0) is 6.42 Å². The predicted molar refractivity (Wildman–Crippen MR) is 46.0 cm³/mol. The van der Waals surface area contributed by atoms with Crippen molar-refractivity contribution in [3.63, 3.8) is 0 Å². The summed E-state index contributed by atoms with van der Waals surface area (Å²) in [7, 11) is 3.28. The lowest BCUT2D eigenvalue weighted by atomic mass is 10.4. The van der Waals surface area contributed by atoms with E-state index in [1.165, 1.54) is 0 Å². The van der Waals surface area contributed by atoms with Crippen LogP contribution in [0.15, 0.2) is 0 Å². The van der Waals surface area contributed by atoms with Gasteiger partial charge in [0.15, 0.2) is 0 Å². The Bertz CT molecular complexity index is 108. The molecule has 72 valence electrons. The minimum atomic E-state index is 0.589. The molecular weight excluding hydrogens is 158 g/mol. The van der Waals surface area contributed by atoms with Crippen LogP contribution in [-0.4, -0.2) is 51.8 Å². The summed E-state index contributed by atoms with van der Waals surface area (Å²) in [6, 6.07) is 0. The van der Waals surface area contributed by atoms with Crippen molar-refractivity contribution < 1.29 is 14.3 Å². The minimum absolute atomic E-state index is 0.589. The summed E-state index contributed by atoms with van der Waals surface area (Å²) in [6.45, 7) is 2.67. The van der Waals surface area contributed by atoms with Crippen molar-refractivity contribution in [3.8, 4) is 0 Å². The number of carbonyl (C=O) groups excluding carboxylic acids is 1. The summed E-state index contributed by atoms with van der Waals surface area (Å²) < 4.78 is 9.72. The molecule has 0 aromatic carbocycles. The van der Waals surface area contributed by atoms with E-state index in [9.17, 15) is 4.79 Å². The van der Waals surface area contributed by atoms with Gasteiger partial charge in [0.25, 0.3) is 0 Å². The van der Waals surface area contributed by atoms with Gasteiger partial charge in [0.2, 0.25) is 6.41 Å². The highest BCUT2D eigenvalue weighted by Crippen LogP contribution is 1.88. The molecule has 0 aliphatic heterocycles. The van der Waals surface area contributed by atoms with Crippen LogP contribution in [0.3, 0.4) is 0 Å². The molecule has 0 heterocycles. The minimum Gasteiger partial charge on any atom is -0.385 e.